The van der Waals surface area contributed by atoms with E-state index in [1.54, 1.807) is 32.9 Å². The molecular formula is C21H23BrFN3O4. The fourth-order valence-corrected chi connectivity index (χ4v) is 2.99. The minimum atomic E-state index is -0.842. The fourth-order valence-electron chi connectivity index (χ4n) is 2.53. The molecule has 0 aromatic heterocycles. The molecule has 9 heteroatoms. The molecule has 1 atom stereocenters. The lowest BCUT2D eigenvalue weighted by Crippen LogP contribution is -2.48. The first-order valence-corrected chi connectivity index (χ1v) is 10.1. The number of halogens is 2. The van der Waals surface area contributed by atoms with Crippen molar-refractivity contribution in [3.8, 4) is 11.5 Å². The van der Waals surface area contributed by atoms with Crippen LogP contribution in [0.2, 0.25) is 0 Å². The molecule has 2 amide bonds. The Kier molecular flexibility index (Phi) is 8.35. The minimum absolute atomic E-state index is 0.0265. The van der Waals surface area contributed by atoms with Crippen molar-refractivity contribution in [3.05, 3.63) is 57.8 Å². The first-order chi connectivity index (χ1) is 14.2. The van der Waals surface area contributed by atoms with Gasteiger partial charge in [-0.15, -0.1) is 0 Å². The quantitative estimate of drug-likeness (QED) is 0.397. The second-order valence-electron chi connectivity index (χ2n) is 6.72. The largest absolute Gasteiger partial charge is 0.503 e. The van der Waals surface area contributed by atoms with Gasteiger partial charge in [0.25, 0.3) is 11.8 Å². The first kappa shape index (κ1) is 23.3. The molecule has 0 bridgehead atoms. The predicted octanol–water partition coefficient (Wildman–Crippen LogP) is 3.60. The molecule has 0 spiro atoms. The van der Waals surface area contributed by atoms with Crippen LogP contribution in [0.3, 0.4) is 0 Å². The van der Waals surface area contributed by atoms with E-state index in [1.807, 2.05) is 0 Å². The molecule has 0 heterocycles. The smallest absolute Gasteiger partial charge is 0.262 e. The van der Waals surface area contributed by atoms with E-state index >= 15 is 0 Å². The number of hydrazone groups is 1. The Bertz CT molecular complexity index is 933. The van der Waals surface area contributed by atoms with Crippen LogP contribution in [0, 0.1) is 11.7 Å². The number of aromatic hydroxyl groups is 1. The highest BCUT2D eigenvalue weighted by atomic mass is 79.9. The maximum absolute atomic E-state index is 13.0. The molecule has 0 aliphatic carbocycles. The van der Waals surface area contributed by atoms with Crippen molar-refractivity contribution in [1.29, 1.82) is 0 Å². The van der Waals surface area contributed by atoms with Gasteiger partial charge in [-0.2, -0.15) is 5.10 Å². The second-order valence-corrected chi connectivity index (χ2v) is 7.57. The number of nitrogens with zero attached hydrogens (tertiary/aromatic N) is 1. The maximum atomic E-state index is 13.0. The number of amides is 2. The van der Waals surface area contributed by atoms with Crippen LogP contribution >= 0.6 is 15.9 Å². The standard InChI is InChI=1S/C21H23BrFN3O4/c1-4-30-17-10-13(9-16(22)19(17)27)11-24-26-21(29)18(12(2)3)25-20(28)14-5-7-15(23)8-6-14/h5-12,18,27H,4H2,1-3H3,(H,25,28)(H,26,29). The number of benzene rings is 2. The Morgan fingerprint density at radius 1 is 1.27 bits per heavy atom. The van der Waals surface area contributed by atoms with Gasteiger partial charge in [0, 0.05) is 5.56 Å². The minimum Gasteiger partial charge on any atom is -0.503 e. The predicted molar refractivity (Wildman–Crippen MR) is 115 cm³/mol. The molecule has 160 valence electrons. The van der Waals surface area contributed by atoms with Crippen molar-refractivity contribution in [3.63, 3.8) is 0 Å². The van der Waals surface area contributed by atoms with Gasteiger partial charge in [0.05, 0.1) is 17.3 Å². The summed E-state index contributed by atoms with van der Waals surface area (Å²) in [6.07, 6.45) is 1.39. The average Bonchev–Trinajstić information content (AvgIpc) is 2.70. The Morgan fingerprint density at radius 3 is 2.53 bits per heavy atom. The molecule has 3 N–H and O–H groups in total. The molecule has 1 unspecified atom stereocenters. The summed E-state index contributed by atoms with van der Waals surface area (Å²) in [4.78, 5) is 24.9. The Labute approximate surface area is 182 Å². The molecule has 2 rings (SSSR count). The van der Waals surface area contributed by atoms with Gasteiger partial charge < -0.3 is 15.2 Å². The number of carbonyl (C=O) groups is 2. The molecule has 30 heavy (non-hydrogen) atoms. The van der Waals surface area contributed by atoms with Gasteiger partial charge in [-0.3, -0.25) is 9.59 Å². The number of phenols is 1. The van der Waals surface area contributed by atoms with Gasteiger partial charge in [0.1, 0.15) is 11.9 Å². The zero-order valence-corrected chi connectivity index (χ0v) is 18.4. The highest BCUT2D eigenvalue weighted by Crippen LogP contribution is 2.35. The number of nitrogens with one attached hydrogen (secondary N) is 2. The van der Waals surface area contributed by atoms with Crippen LogP contribution in [0.25, 0.3) is 0 Å². The van der Waals surface area contributed by atoms with Crippen molar-refractivity contribution in [1.82, 2.24) is 10.7 Å². The molecule has 0 aliphatic heterocycles. The SMILES string of the molecule is CCOc1cc(C=NNC(=O)C(NC(=O)c2ccc(F)cc2)C(C)C)cc(Br)c1O. The van der Waals surface area contributed by atoms with Crippen molar-refractivity contribution >= 4 is 34.0 Å². The molecule has 2 aromatic carbocycles. The van der Waals surface area contributed by atoms with E-state index in [2.05, 4.69) is 31.8 Å². The summed E-state index contributed by atoms with van der Waals surface area (Å²) in [5, 5.41) is 16.5. The number of hydrogen-bond donors (Lipinski definition) is 3. The zero-order chi connectivity index (χ0) is 22.3. The lowest BCUT2D eigenvalue weighted by Gasteiger charge is -2.20. The summed E-state index contributed by atoms with van der Waals surface area (Å²) in [5.41, 5.74) is 3.23. The van der Waals surface area contributed by atoms with E-state index in [9.17, 15) is 19.1 Å². The van der Waals surface area contributed by atoms with Gasteiger partial charge in [-0.05, 0) is 70.7 Å². The summed E-state index contributed by atoms with van der Waals surface area (Å²) < 4.78 is 18.8. The Hall–Kier alpha value is -2.94. The van der Waals surface area contributed by atoms with Gasteiger partial charge in [-0.1, -0.05) is 13.8 Å². The van der Waals surface area contributed by atoms with Gasteiger partial charge >= 0.3 is 0 Å². The van der Waals surface area contributed by atoms with Crippen LogP contribution in [0.5, 0.6) is 11.5 Å². The maximum Gasteiger partial charge on any atom is 0.262 e. The summed E-state index contributed by atoms with van der Waals surface area (Å²) in [6.45, 7) is 5.73. The van der Waals surface area contributed by atoms with Crippen molar-refractivity contribution in [2.45, 2.75) is 26.8 Å². The highest BCUT2D eigenvalue weighted by Gasteiger charge is 2.24. The van der Waals surface area contributed by atoms with Crippen LogP contribution in [-0.2, 0) is 4.79 Å². The van der Waals surface area contributed by atoms with Crippen LogP contribution in [-0.4, -0.2) is 35.8 Å². The number of phenolic OH excluding ortho intramolecular Hbond substituents is 1. The molecule has 0 saturated heterocycles. The highest BCUT2D eigenvalue weighted by molar-refractivity contribution is 9.10. The van der Waals surface area contributed by atoms with Crippen LogP contribution in [0.4, 0.5) is 4.39 Å². The van der Waals surface area contributed by atoms with Crippen LogP contribution < -0.4 is 15.5 Å². The van der Waals surface area contributed by atoms with E-state index in [0.717, 1.165) is 0 Å². The third-order valence-corrected chi connectivity index (χ3v) is 4.69. The number of rotatable bonds is 8. The summed E-state index contributed by atoms with van der Waals surface area (Å²) >= 11 is 3.23. The van der Waals surface area contributed by atoms with E-state index in [1.165, 1.54) is 30.5 Å². The first-order valence-electron chi connectivity index (χ1n) is 9.27. The molecule has 0 aliphatic rings. The summed E-state index contributed by atoms with van der Waals surface area (Å²) in [6, 6.07) is 7.39. The zero-order valence-electron chi connectivity index (χ0n) is 16.8. The molecule has 0 saturated carbocycles. The topological polar surface area (TPSA) is 100 Å². The summed E-state index contributed by atoms with van der Waals surface area (Å²) in [7, 11) is 0. The summed E-state index contributed by atoms with van der Waals surface area (Å²) in [5.74, 6) is -1.40. The molecule has 2 aromatic rings. The lowest BCUT2D eigenvalue weighted by atomic mass is 10.0. The molecular weight excluding hydrogens is 457 g/mol. The lowest BCUT2D eigenvalue weighted by molar-refractivity contribution is -0.123. The molecule has 0 radical (unpaired) electrons. The van der Waals surface area contributed by atoms with Gasteiger partial charge in [0.15, 0.2) is 11.5 Å². The van der Waals surface area contributed by atoms with Crippen molar-refractivity contribution in [2.24, 2.45) is 11.0 Å². The molecule has 7 nitrogen and oxygen atoms in total. The van der Waals surface area contributed by atoms with Gasteiger partial charge in [0.2, 0.25) is 0 Å². The third-order valence-electron chi connectivity index (χ3n) is 4.08. The van der Waals surface area contributed by atoms with Crippen molar-refractivity contribution in [2.75, 3.05) is 6.61 Å². The average molecular weight is 480 g/mol. The van der Waals surface area contributed by atoms with Crippen LogP contribution in [0.15, 0.2) is 46.0 Å². The van der Waals surface area contributed by atoms with Gasteiger partial charge in [-0.25, -0.2) is 9.82 Å². The fraction of sp³-hybridized carbons (Fsp3) is 0.286. The van der Waals surface area contributed by atoms with E-state index < -0.39 is 23.7 Å². The monoisotopic (exact) mass is 479 g/mol. The van der Waals surface area contributed by atoms with E-state index in [0.29, 0.717) is 16.6 Å². The molecule has 0 fully saturated rings. The van der Waals surface area contributed by atoms with E-state index in [-0.39, 0.29) is 23.0 Å². The normalized spacial score (nSPS) is 12.1. The van der Waals surface area contributed by atoms with Crippen LogP contribution in [0.1, 0.15) is 36.7 Å². The third kappa shape index (κ3) is 6.28. The second kappa shape index (κ2) is 10.7. The Balaban J connectivity index is 2.06. The Morgan fingerprint density at radius 2 is 1.93 bits per heavy atom. The number of carbonyl (C=O) groups excluding carboxylic acids is 2. The van der Waals surface area contributed by atoms with Crippen molar-refractivity contribution < 1.29 is 23.8 Å². The number of ether oxygens (including phenoxy) is 1. The number of hydrogen-bond acceptors (Lipinski definition) is 5. The van der Waals surface area contributed by atoms with E-state index in [4.69, 9.17) is 4.74 Å².